The van der Waals surface area contributed by atoms with Gasteiger partial charge in [0, 0.05) is 25.1 Å². The first-order valence-electron chi connectivity index (χ1n) is 5.20. The summed E-state index contributed by atoms with van der Waals surface area (Å²) in [5.74, 6) is -0.0872. The summed E-state index contributed by atoms with van der Waals surface area (Å²) in [7, 11) is 0. The summed E-state index contributed by atoms with van der Waals surface area (Å²) >= 11 is 0. The van der Waals surface area contributed by atoms with Gasteiger partial charge < -0.3 is 15.4 Å². The molecular formula is C11H13N3O2. The van der Waals surface area contributed by atoms with E-state index in [1.807, 2.05) is 6.92 Å². The van der Waals surface area contributed by atoms with E-state index in [1.165, 1.54) is 11.6 Å². The number of rotatable bonds is 2. The van der Waals surface area contributed by atoms with Gasteiger partial charge in [-0.25, -0.2) is 0 Å². The fraction of sp³-hybridized carbons (Fsp3) is 0.364. The van der Waals surface area contributed by atoms with Crippen LogP contribution in [0, 0.1) is 17.0 Å². The number of hydrogen-bond acceptors (Lipinski definition) is 4. The average molecular weight is 219 g/mol. The molecule has 2 heterocycles. The third-order valence-electron chi connectivity index (χ3n) is 2.67. The van der Waals surface area contributed by atoms with Gasteiger partial charge in [-0.3, -0.25) is 0 Å². The third kappa shape index (κ3) is 2.09. The smallest absolute Gasteiger partial charge is 0.358 e. The van der Waals surface area contributed by atoms with Crippen LogP contribution in [-0.2, 0) is 0 Å². The summed E-state index contributed by atoms with van der Waals surface area (Å²) in [6.45, 7) is 3.61. The second-order valence-electron chi connectivity index (χ2n) is 3.74. The van der Waals surface area contributed by atoms with E-state index < -0.39 is 4.92 Å². The Morgan fingerprint density at radius 2 is 2.31 bits per heavy atom. The van der Waals surface area contributed by atoms with Gasteiger partial charge in [-0.1, -0.05) is 6.08 Å². The molecule has 0 atom stereocenters. The van der Waals surface area contributed by atoms with Crippen molar-refractivity contribution in [3.63, 3.8) is 0 Å². The summed E-state index contributed by atoms with van der Waals surface area (Å²) in [6.07, 6.45) is 3.06. The van der Waals surface area contributed by atoms with Gasteiger partial charge in [0.2, 0.25) is 0 Å². The van der Waals surface area contributed by atoms with Crippen LogP contribution in [0.2, 0.25) is 0 Å². The number of nitrogens with zero attached hydrogens (tertiary/aromatic N) is 2. The Morgan fingerprint density at radius 1 is 1.50 bits per heavy atom. The van der Waals surface area contributed by atoms with Crippen LogP contribution in [0.4, 0.5) is 5.82 Å². The largest absolute Gasteiger partial charge is 0.363 e. The van der Waals surface area contributed by atoms with Gasteiger partial charge in [-0.15, -0.1) is 0 Å². The first-order valence-corrected chi connectivity index (χ1v) is 5.20. The van der Waals surface area contributed by atoms with Crippen LogP contribution < -0.4 is 5.32 Å². The van der Waals surface area contributed by atoms with Crippen LogP contribution in [0.1, 0.15) is 17.7 Å². The minimum absolute atomic E-state index is 0.0872. The van der Waals surface area contributed by atoms with Gasteiger partial charge >= 0.3 is 5.82 Å². The lowest BCUT2D eigenvalue weighted by Crippen LogP contribution is -2.20. The summed E-state index contributed by atoms with van der Waals surface area (Å²) in [5, 5.41) is 13.8. The molecule has 1 aliphatic rings. The minimum Gasteiger partial charge on any atom is -0.358 e. The quantitative estimate of drug-likeness (QED) is 0.607. The molecule has 16 heavy (non-hydrogen) atoms. The van der Waals surface area contributed by atoms with E-state index in [0.29, 0.717) is 0 Å². The molecule has 0 radical (unpaired) electrons. The fourth-order valence-corrected chi connectivity index (χ4v) is 1.86. The topological polar surface area (TPSA) is 68.1 Å². The van der Waals surface area contributed by atoms with E-state index in [1.54, 1.807) is 6.07 Å². The number of nitrogens with one attached hydrogen (secondary N) is 1. The monoisotopic (exact) mass is 219 g/mol. The molecule has 5 heteroatoms. The predicted molar refractivity (Wildman–Crippen MR) is 61.1 cm³/mol. The number of aryl methyl sites for hydroxylation is 1. The molecule has 0 saturated heterocycles. The standard InChI is InChI=1S/C11H13N3O2/c1-8-10(9-4-6-12-7-5-9)2-3-11(13-8)14(15)16/h2-4,12H,5-7H2,1H3. The first kappa shape index (κ1) is 10.8. The summed E-state index contributed by atoms with van der Waals surface area (Å²) in [6, 6.07) is 3.25. The lowest BCUT2D eigenvalue weighted by Gasteiger charge is -2.14. The van der Waals surface area contributed by atoms with Crippen LogP contribution in [0.15, 0.2) is 18.2 Å². The van der Waals surface area contributed by atoms with Crippen LogP contribution >= 0.6 is 0 Å². The zero-order valence-corrected chi connectivity index (χ0v) is 9.06. The van der Waals surface area contributed by atoms with Crippen molar-refractivity contribution >= 4 is 11.4 Å². The average Bonchev–Trinajstić information content (AvgIpc) is 2.30. The second-order valence-corrected chi connectivity index (χ2v) is 3.74. The van der Waals surface area contributed by atoms with Gasteiger partial charge in [0.1, 0.15) is 0 Å². The summed E-state index contributed by atoms with van der Waals surface area (Å²) in [5.41, 5.74) is 2.97. The fourth-order valence-electron chi connectivity index (χ4n) is 1.86. The molecule has 0 saturated carbocycles. The Balaban J connectivity index is 2.35. The van der Waals surface area contributed by atoms with Gasteiger partial charge in [0.05, 0.1) is 0 Å². The molecule has 1 N–H and O–H groups in total. The molecule has 0 spiro atoms. The highest BCUT2D eigenvalue weighted by Gasteiger charge is 2.15. The van der Waals surface area contributed by atoms with Crippen molar-refractivity contribution in [3.05, 3.63) is 39.6 Å². The molecule has 0 fully saturated rings. The molecule has 1 aromatic heterocycles. The van der Waals surface area contributed by atoms with Crippen molar-refractivity contribution in [1.82, 2.24) is 10.3 Å². The molecule has 0 aliphatic carbocycles. The highest BCUT2D eigenvalue weighted by molar-refractivity contribution is 5.68. The van der Waals surface area contributed by atoms with Crippen molar-refractivity contribution < 1.29 is 4.92 Å². The van der Waals surface area contributed by atoms with Crippen molar-refractivity contribution in [2.45, 2.75) is 13.3 Å². The van der Waals surface area contributed by atoms with E-state index in [4.69, 9.17) is 0 Å². The molecule has 2 rings (SSSR count). The zero-order chi connectivity index (χ0) is 11.5. The van der Waals surface area contributed by atoms with Gasteiger partial charge in [-0.2, -0.15) is 0 Å². The number of nitro groups is 1. The molecule has 0 amide bonds. The Labute approximate surface area is 93.3 Å². The zero-order valence-electron chi connectivity index (χ0n) is 9.06. The third-order valence-corrected chi connectivity index (χ3v) is 2.67. The molecule has 84 valence electrons. The summed E-state index contributed by atoms with van der Waals surface area (Å²) in [4.78, 5) is 14.1. The highest BCUT2D eigenvalue weighted by Crippen LogP contribution is 2.23. The van der Waals surface area contributed by atoms with E-state index in [9.17, 15) is 10.1 Å². The summed E-state index contributed by atoms with van der Waals surface area (Å²) < 4.78 is 0. The number of hydrogen-bond donors (Lipinski definition) is 1. The molecule has 5 nitrogen and oxygen atoms in total. The van der Waals surface area contributed by atoms with Crippen molar-refractivity contribution in [1.29, 1.82) is 0 Å². The number of pyridine rings is 1. The molecule has 0 bridgehead atoms. The van der Waals surface area contributed by atoms with E-state index in [2.05, 4.69) is 16.4 Å². The highest BCUT2D eigenvalue weighted by atomic mass is 16.6. The van der Waals surface area contributed by atoms with Crippen LogP contribution in [0.3, 0.4) is 0 Å². The Kier molecular flexibility index (Phi) is 2.96. The predicted octanol–water partition coefficient (Wildman–Crippen LogP) is 1.67. The maximum absolute atomic E-state index is 10.6. The molecular weight excluding hydrogens is 206 g/mol. The van der Waals surface area contributed by atoms with Crippen molar-refractivity contribution in [3.8, 4) is 0 Å². The van der Waals surface area contributed by atoms with Crippen LogP contribution in [0.25, 0.3) is 5.57 Å². The molecule has 1 aromatic rings. The van der Waals surface area contributed by atoms with E-state index in [-0.39, 0.29) is 5.82 Å². The lowest BCUT2D eigenvalue weighted by molar-refractivity contribution is -0.389. The van der Waals surface area contributed by atoms with Gasteiger partial charge in [-0.05, 0) is 34.5 Å². The second kappa shape index (κ2) is 4.40. The van der Waals surface area contributed by atoms with Gasteiger partial charge in [0.15, 0.2) is 5.69 Å². The maximum atomic E-state index is 10.6. The lowest BCUT2D eigenvalue weighted by atomic mass is 9.99. The first-order chi connectivity index (χ1) is 7.68. The van der Waals surface area contributed by atoms with Gasteiger partial charge in [0.25, 0.3) is 0 Å². The minimum atomic E-state index is -0.465. The molecule has 0 aromatic carbocycles. The van der Waals surface area contributed by atoms with Crippen LogP contribution in [0.5, 0.6) is 0 Å². The maximum Gasteiger partial charge on any atom is 0.363 e. The van der Waals surface area contributed by atoms with E-state index in [0.717, 1.165) is 30.8 Å². The molecule has 1 aliphatic heterocycles. The number of aromatic nitrogens is 1. The van der Waals surface area contributed by atoms with E-state index >= 15 is 0 Å². The Morgan fingerprint density at radius 3 is 2.88 bits per heavy atom. The van der Waals surface area contributed by atoms with Crippen molar-refractivity contribution in [2.24, 2.45) is 0 Å². The SMILES string of the molecule is Cc1nc([N+](=O)[O-])ccc1C1=CCNCC1. The normalized spacial score (nSPS) is 15.7. The Hall–Kier alpha value is -1.75. The molecule has 0 unspecified atom stereocenters. The Bertz CT molecular complexity index is 455. The van der Waals surface area contributed by atoms with Crippen molar-refractivity contribution in [2.75, 3.05) is 13.1 Å². The van der Waals surface area contributed by atoms with Crippen LogP contribution in [-0.4, -0.2) is 23.0 Å².